The SMILES string of the molecule is CCc1ccccc1CNC(=NC)NC1CCCSC1. The molecule has 1 heterocycles. The molecule has 0 amide bonds. The van der Waals surface area contributed by atoms with Gasteiger partial charge in [0.25, 0.3) is 0 Å². The summed E-state index contributed by atoms with van der Waals surface area (Å²) in [5.41, 5.74) is 2.76. The molecule has 1 aromatic carbocycles. The molecule has 0 aliphatic carbocycles. The Morgan fingerprint density at radius 3 is 2.80 bits per heavy atom. The molecule has 0 saturated carbocycles. The minimum atomic E-state index is 0.557. The molecule has 110 valence electrons. The van der Waals surface area contributed by atoms with Crippen molar-refractivity contribution in [1.29, 1.82) is 0 Å². The van der Waals surface area contributed by atoms with Gasteiger partial charge in [-0.05, 0) is 36.1 Å². The van der Waals surface area contributed by atoms with E-state index in [4.69, 9.17) is 0 Å². The van der Waals surface area contributed by atoms with E-state index in [1.54, 1.807) is 0 Å². The summed E-state index contributed by atoms with van der Waals surface area (Å²) in [7, 11) is 1.84. The molecule has 0 bridgehead atoms. The van der Waals surface area contributed by atoms with Gasteiger partial charge in [0, 0.05) is 25.4 Å². The van der Waals surface area contributed by atoms with Crippen LogP contribution in [-0.2, 0) is 13.0 Å². The molecule has 3 nitrogen and oxygen atoms in total. The Morgan fingerprint density at radius 1 is 1.35 bits per heavy atom. The van der Waals surface area contributed by atoms with Gasteiger partial charge in [-0.25, -0.2) is 0 Å². The molecular formula is C16H25N3S. The van der Waals surface area contributed by atoms with Crippen molar-refractivity contribution in [3.05, 3.63) is 35.4 Å². The molecule has 1 aromatic rings. The zero-order valence-electron chi connectivity index (χ0n) is 12.5. The second-order valence-corrected chi connectivity index (χ2v) is 6.26. The predicted octanol–water partition coefficient (Wildman–Crippen LogP) is 2.81. The van der Waals surface area contributed by atoms with Crippen molar-refractivity contribution in [2.24, 2.45) is 4.99 Å². The van der Waals surface area contributed by atoms with Gasteiger partial charge in [0.05, 0.1) is 0 Å². The number of nitrogens with one attached hydrogen (secondary N) is 2. The van der Waals surface area contributed by atoms with Gasteiger partial charge in [0.2, 0.25) is 0 Å². The summed E-state index contributed by atoms with van der Waals surface area (Å²) in [6, 6.07) is 9.15. The average molecular weight is 291 g/mol. The van der Waals surface area contributed by atoms with Crippen molar-refractivity contribution < 1.29 is 0 Å². The summed E-state index contributed by atoms with van der Waals surface area (Å²) in [4.78, 5) is 4.34. The Hall–Kier alpha value is -1.16. The van der Waals surface area contributed by atoms with Crippen LogP contribution in [-0.4, -0.2) is 30.6 Å². The summed E-state index contributed by atoms with van der Waals surface area (Å²) < 4.78 is 0. The summed E-state index contributed by atoms with van der Waals surface area (Å²) in [6.07, 6.45) is 3.63. The number of hydrogen-bond acceptors (Lipinski definition) is 2. The number of aliphatic imine (C=N–C) groups is 1. The van der Waals surface area contributed by atoms with Crippen molar-refractivity contribution in [3.63, 3.8) is 0 Å². The highest BCUT2D eigenvalue weighted by molar-refractivity contribution is 7.99. The number of rotatable bonds is 4. The van der Waals surface area contributed by atoms with E-state index in [2.05, 4.69) is 46.8 Å². The van der Waals surface area contributed by atoms with E-state index in [1.807, 2.05) is 18.8 Å². The number of benzene rings is 1. The van der Waals surface area contributed by atoms with Crippen LogP contribution in [0.3, 0.4) is 0 Å². The fourth-order valence-electron chi connectivity index (χ4n) is 2.50. The molecule has 1 saturated heterocycles. The van der Waals surface area contributed by atoms with E-state index in [9.17, 15) is 0 Å². The highest BCUT2D eigenvalue weighted by atomic mass is 32.2. The van der Waals surface area contributed by atoms with Crippen LogP contribution in [0.2, 0.25) is 0 Å². The minimum Gasteiger partial charge on any atom is -0.353 e. The molecule has 0 aromatic heterocycles. The van der Waals surface area contributed by atoms with Gasteiger partial charge in [-0.1, -0.05) is 31.2 Å². The molecule has 4 heteroatoms. The fourth-order valence-corrected chi connectivity index (χ4v) is 3.57. The Bertz CT molecular complexity index is 439. The maximum Gasteiger partial charge on any atom is 0.191 e. The third kappa shape index (κ3) is 4.44. The lowest BCUT2D eigenvalue weighted by atomic mass is 10.1. The molecule has 0 radical (unpaired) electrons. The number of nitrogens with zero attached hydrogens (tertiary/aromatic N) is 1. The second kappa shape index (κ2) is 8.20. The van der Waals surface area contributed by atoms with Crippen LogP contribution in [0.1, 0.15) is 30.9 Å². The van der Waals surface area contributed by atoms with E-state index < -0.39 is 0 Å². The molecule has 1 fully saturated rings. The van der Waals surface area contributed by atoms with Crippen LogP contribution in [0, 0.1) is 0 Å². The standard InChI is InChI=1S/C16H25N3S/c1-3-13-7-4-5-8-14(13)11-18-16(17-2)19-15-9-6-10-20-12-15/h4-5,7-8,15H,3,6,9-12H2,1-2H3,(H2,17,18,19). The number of guanidine groups is 1. The molecule has 1 aliphatic rings. The lowest BCUT2D eigenvalue weighted by molar-refractivity contribution is 0.582. The third-order valence-electron chi connectivity index (χ3n) is 3.67. The molecule has 0 spiro atoms. The van der Waals surface area contributed by atoms with E-state index in [-0.39, 0.29) is 0 Å². The lowest BCUT2D eigenvalue weighted by Gasteiger charge is -2.24. The average Bonchev–Trinajstić information content (AvgIpc) is 2.52. The molecule has 1 aliphatic heterocycles. The van der Waals surface area contributed by atoms with Gasteiger partial charge >= 0.3 is 0 Å². The Balaban J connectivity index is 1.87. The summed E-state index contributed by atoms with van der Waals surface area (Å²) in [5.74, 6) is 3.41. The molecule has 2 rings (SSSR count). The Morgan fingerprint density at radius 2 is 2.15 bits per heavy atom. The summed E-state index contributed by atoms with van der Waals surface area (Å²) in [6.45, 7) is 3.04. The van der Waals surface area contributed by atoms with Gasteiger partial charge in [-0.3, -0.25) is 4.99 Å². The molecule has 1 unspecified atom stereocenters. The number of aryl methyl sites for hydroxylation is 1. The van der Waals surface area contributed by atoms with Crippen molar-refractivity contribution in [1.82, 2.24) is 10.6 Å². The fraction of sp³-hybridized carbons (Fsp3) is 0.562. The first-order valence-electron chi connectivity index (χ1n) is 7.45. The maximum absolute atomic E-state index is 4.34. The third-order valence-corrected chi connectivity index (χ3v) is 4.89. The van der Waals surface area contributed by atoms with Gasteiger partial charge in [0.1, 0.15) is 0 Å². The minimum absolute atomic E-state index is 0.557. The summed E-state index contributed by atoms with van der Waals surface area (Å²) in [5, 5.41) is 6.97. The smallest absolute Gasteiger partial charge is 0.191 e. The van der Waals surface area contributed by atoms with E-state index in [0.717, 1.165) is 18.9 Å². The normalized spacial score (nSPS) is 19.7. The van der Waals surface area contributed by atoms with Crippen LogP contribution in [0.4, 0.5) is 0 Å². The number of hydrogen-bond donors (Lipinski definition) is 2. The molecule has 2 N–H and O–H groups in total. The monoisotopic (exact) mass is 291 g/mol. The molecule has 1 atom stereocenters. The highest BCUT2D eigenvalue weighted by Gasteiger charge is 2.14. The first kappa shape index (κ1) is 15.2. The van der Waals surface area contributed by atoms with Crippen molar-refractivity contribution >= 4 is 17.7 Å². The predicted molar refractivity (Wildman–Crippen MR) is 89.5 cm³/mol. The van der Waals surface area contributed by atoms with E-state index in [1.165, 1.54) is 35.5 Å². The first-order chi connectivity index (χ1) is 9.83. The number of thioether (sulfide) groups is 1. The van der Waals surface area contributed by atoms with E-state index in [0.29, 0.717) is 6.04 Å². The highest BCUT2D eigenvalue weighted by Crippen LogP contribution is 2.16. The van der Waals surface area contributed by atoms with Gasteiger partial charge in [-0.2, -0.15) is 11.8 Å². The first-order valence-corrected chi connectivity index (χ1v) is 8.60. The van der Waals surface area contributed by atoms with Crippen molar-refractivity contribution in [2.45, 2.75) is 38.8 Å². The Labute approximate surface area is 126 Å². The summed E-state index contributed by atoms with van der Waals surface area (Å²) >= 11 is 2.03. The lowest BCUT2D eigenvalue weighted by Crippen LogP contribution is -2.45. The largest absolute Gasteiger partial charge is 0.353 e. The van der Waals surface area contributed by atoms with Crippen molar-refractivity contribution in [3.8, 4) is 0 Å². The van der Waals surface area contributed by atoms with Crippen LogP contribution < -0.4 is 10.6 Å². The topological polar surface area (TPSA) is 36.4 Å². The Kier molecular flexibility index (Phi) is 6.25. The zero-order chi connectivity index (χ0) is 14.2. The van der Waals surface area contributed by atoms with Gasteiger partial charge in [0.15, 0.2) is 5.96 Å². The van der Waals surface area contributed by atoms with Gasteiger partial charge in [-0.15, -0.1) is 0 Å². The molecular weight excluding hydrogens is 266 g/mol. The van der Waals surface area contributed by atoms with Crippen LogP contribution in [0.5, 0.6) is 0 Å². The van der Waals surface area contributed by atoms with E-state index >= 15 is 0 Å². The van der Waals surface area contributed by atoms with Crippen molar-refractivity contribution in [2.75, 3.05) is 18.6 Å². The quantitative estimate of drug-likeness (QED) is 0.661. The second-order valence-electron chi connectivity index (χ2n) is 5.11. The van der Waals surface area contributed by atoms with Crippen LogP contribution in [0.25, 0.3) is 0 Å². The van der Waals surface area contributed by atoms with Gasteiger partial charge < -0.3 is 10.6 Å². The maximum atomic E-state index is 4.34. The zero-order valence-corrected chi connectivity index (χ0v) is 13.3. The van der Waals surface area contributed by atoms with Crippen LogP contribution in [0.15, 0.2) is 29.3 Å². The molecule has 20 heavy (non-hydrogen) atoms. The van der Waals surface area contributed by atoms with Crippen LogP contribution >= 0.6 is 11.8 Å².